The lowest BCUT2D eigenvalue weighted by Gasteiger charge is -2.02. The summed E-state index contributed by atoms with van der Waals surface area (Å²) in [4.78, 5) is 0. The Balaban J connectivity index is 1.67. The van der Waals surface area contributed by atoms with Gasteiger partial charge in [0.15, 0.2) is 0 Å². The highest BCUT2D eigenvalue weighted by atomic mass is 16.3. The Hall–Kier alpha value is -1.55. The number of aryl methyl sites for hydroxylation is 1. The summed E-state index contributed by atoms with van der Waals surface area (Å²) in [6.07, 6.45) is 5.52. The average Bonchev–Trinajstić information content (AvgIpc) is 3.09. The lowest BCUT2D eigenvalue weighted by atomic mass is 10.1. The number of nitrogens with zero attached hydrogens (tertiary/aromatic N) is 2. The number of furan rings is 1. The second-order valence-corrected chi connectivity index (χ2v) is 5.74. The van der Waals surface area contributed by atoms with E-state index >= 15 is 0 Å². The van der Waals surface area contributed by atoms with Crippen molar-refractivity contribution in [2.45, 2.75) is 59.2 Å². The first-order valence-electron chi connectivity index (χ1n) is 7.50. The fourth-order valence-electron chi connectivity index (χ4n) is 2.70. The Morgan fingerprint density at radius 3 is 2.85 bits per heavy atom. The van der Waals surface area contributed by atoms with E-state index in [0.717, 1.165) is 37.0 Å². The molecule has 2 aromatic rings. The van der Waals surface area contributed by atoms with E-state index in [1.807, 2.05) is 10.9 Å². The largest absolute Gasteiger partial charge is 0.467 e. The van der Waals surface area contributed by atoms with E-state index in [-0.39, 0.29) is 0 Å². The van der Waals surface area contributed by atoms with Crippen LogP contribution in [0.15, 0.2) is 16.7 Å². The Kier molecular flexibility index (Phi) is 3.66. The van der Waals surface area contributed by atoms with Crippen LogP contribution in [-0.4, -0.2) is 15.8 Å². The monoisotopic (exact) mass is 273 g/mol. The van der Waals surface area contributed by atoms with Crippen LogP contribution in [0.2, 0.25) is 0 Å². The van der Waals surface area contributed by atoms with Crippen LogP contribution >= 0.6 is 0 Å². The summed E-state index contributed by atoms with van der Waals surface area (Å²) in [5.74, 6) is 0.978. The summed E-state index contributed by atoms with van der Waals surface area (Å²) in [5.41, 5.74) is 4.96. The first kappa shape index (κ1) is 13.4. The van der Waals surface area contributed by atoms with Crippen molar-refractivity contribution in [1.29, 1.82) is 0 Å². The molecular formula is C16H23N3O. The summed E-state index contributed by atoms with van der Waals surface area (Å²) in [5, 5.41) is 8.11. The average molecular weight is 273 g/mol. The lowest BCUT2D eigenvalue weighted by Crippen LogP contribution is -2.14. The van der Waals surface area contributed by atoms with Gasteiger partial charge in [-0.3, -0.25) is 4.68 Å². The van der Waals surface area contributed by atoms with E-state index in [9.17, 15) is 0 Å². The van der Waals surface area contributed by atoms with Crippen LogP contribution < -0.4 is 5.32 Å². The van der Waals surface area contributed by atoms with Crippen LogP contribution in [0.3, 0.4) is 0 Å². The number of rotatable bonds is 6. The maximum atomic E-state index is 5.66. The highest BCUT2D eigenvalue weighted by molar-refractivity contribution is 5.25. The van der Waals surface area contributed by atoms with Gasteiger partial charge in [-0.2, -0.15) is 5.10 Å². The number of aromatic nitrogens is 2. The Bertz CT molecular complexity index is 593. The molecule has 0 atom stereocenters. The third-order valence-electron chi connectivity index (χ3n) is 4.07. The van der Waals surface area contributed by atoms with Crippen molar-refractivity contribution in [3.8, 4) is 0 Å². The van der Waals surface area contributed by atoms with Crippen molar-refractivity contribution in [3.63, 3.8) is 0 Å². The molecule has 0 aliphatic heterocycles. The molecule has 0 amide bonds. The molecule has 1 saturated carbocycles. The molecule has 0 radical (unpaired) electrons. The van der Waals surface area contributed by atoms with Crippen molar-refractivity contribution < 1.29 is 4.42 Å². The predicted molar refractivity (Wildman–Crippen MR) is 78.8 cm³/mol. The first-order chi connectivity index (χ1) is 9.67. The van der Waals surface area contributed by atoms with Gasteiger partial charge in [0.1, 0.15) is 5.76 Å². The van der Waals surface area contributed by atoms with Gasteiger partial charge in [0.2, 0.25) is 0 Å². The van der Waals surface area contributed by atoms with Crippen molar-refractivity contribution in [1.82, 2.24) is 15.1 Å². The molecule has 0 aromatic carbocycles. The molecule has 2 aromatic heterocycles. The molecule has 1 aliphatic carbocycles. The molecule has 1 N–H and O–H groups in total. The third kappa shape index (κ3) is 2.80. The van der Waals surface area contributed by atoms with Gasteiger partial charge in [0.05, 0.1) is 18.5 Å². The molecule has 3 rings (SSSR count). The van der Waals surface area contributed by atoms with Gasteiger partial charge < -0.3 is 9.73 Å². The molecule has 4 heteroatoms. The van der Waals surface area contributed by atoms with Gasteiger partial charge >= 0.3 is 0 Å². The fourth-order valence-corrected chi connectivity index (χ4v) is 2.70. The highest BCUT2D eigenvalue weighted by Gasteiger charge is 2.20. The Morgan fingerprint density at radius 2 is 2.20 bits per heavy atom. The second kappa shape index (κ2) is 5.44. The number of hydrogen-bond acceptors (Lipinski definition) is 3. The number of hydrogen-bond donors (Lipinski definition) is 1. The summed E-state index contributed by atoms with van der Waals surface area (Å²) in [6, 6.07) is 2.87. The van der Waals surface area contributed by atoms with Crippen LogP contribution in [0.5, 0.6) is 0 Å². The summed E-state index contributed by atoms with van der Waals surface area (Å²) < 4.78 is 7.70. The van der Waals surface area contributed by atoms with Gasteiger partial charge in [-0.15, -0.1) is 0 Å². The van der Waals surface area contributed by atoms with Gasteiger partial charge in [0.25, 0.3) is 0 Å². The lowest BCUT2D eigenvalue weighted by molar-refractivity contribution is 0.473. The van der Waals surface area contributed by atoms with Crippen molar-refractivity contribution in [2.75, 3.05) is 0 Å². The molecule has 4 nitrogen and oxygen atoms in total. The first-order valence-corrected chi connectivity index (χ1v) is 7.50. The quantitative estimate of drug-likeness (QED) is 0.880. The van der Waals surface area contributed by atoms with Gasteiger partial charge in [-0.05, 0) is 44.7 Å². The van der Waals surface area contributed by atoms with Gasteiger partial charge in [-0.25, -0.2) is 0 Å². The molecule has 0 saturated heterocycles. The Morgan fingerprint density at radius 1 is 1.40 bits per heavy atom. The third-order valence-corrected chi connectivity index (χ3v) is 4.07. The zero-order valence-corrected chi connectivity index (χ0v) is 12.6. The molecule has 20 heavy (non-hydrogen) atoms. The summed E-state index contributed by atoms with van der Waals surface area (Å²) in [7, 11) is 0. The maximum absolute atomic E-state index is 5.66. The molecule has 0 bridgehead atoms. The molecule has 2 heterocycles. The van der Waals surface area contributed by atoms with E-state index < -0.39 is 0 Å². The summed E-state index contributed by atoms with van der Waals surface area (Å²) >= 11 is 0. The topological polar surface area (TPSA) is 43.0 Å². The van der Waals surface area contributed by atoms with Crippen LogP contribution in [0.1, 0.15) is 48.0 Å². The van der Waals surface area contributed by atoms with Crippen LogP contribution in [0, 0.1) is 13.8 Å². The van der Waals surface area contributed by atoms with Crippen LogP contribution in [0.4, 0.5) is 0 Å². The van der Waals surface area contributed by atoms with Crippen LogP contribution in [0.25, 0.3) is 0 Å². The maximum Gasteiger partial charge on any atom is 0.125 e. The second-order valence-electron chi connectivity index (χ2n) is 5.74. The summed E-state index contributed by atoms with van der Waals surface area (Å²) in [6.45, 7) is 8.02. The highest BCUT2D eigenvalue weighted by Crippen LogP contribution is 2.20. The van der Waals surface area contributed by atoms with Gasteiger partial charge in [-0.1, -0.05) is 6.92 Å². The molecule has 1 aliphatic rings. The minimum absolute atomic E-state index is 0.718. The van der Waals surface area contributed by atoms with E-state index in [2.05, 4.69) is 37.3 Å². The smallest absolute Gasteiger partial charge is 0.125 e. The van der Waals surface area contributed by atoms with Crippen LogP contribution in [-0.2, 0) is 19.5 Å². The zero-order chi connectivity index (χ0) is 14.1. The molecular weight excluding hydrogens is 250 g/mol. The van der Waals surface area contributed by atoms with Crippen molar-refractivity contribution in [2.24, 2.45) is 0 Å². The fraction of sp³-hybridized carbons (Fsp3) is 0.562. The molecule has 108 valence electrons. The SMILES string of the molecule is CCc1c(C)nn(Cc2cc(CNC3CC3)co2)c1C. The number of nitrogens with one attached hydrogen (secondary N) is 1. The van der Waals surface area contributed by atoms with E-state index in [4.69, 9.17) is 4.42 Å². The zero-order valence-electron chi connectivity index (χ0n) is 12.6. The molecule has 0 spiro atoms. The molecule has 1 fully saturated rings. The van der Waals surface area contributed by atoms with E-state index in [1.54, 1.807) is 0 Å². The minimum Gasteiger partial charge on any atom is -0.467 e. The van der Waals surface area contributed by atoms with Crippen molar-refractivity contribution in [3.05, 3.63) is 40.6 Å². The molecule has 0 unspecified atom stereocenters. The van der Waals surface area contributed by atoms with E-state index in [1.165, 1.54) is 29.7 Å². The standard InChI is InChI=1S/C16H23N3O/c1-4-16-11(2)18-19(12(16)3)9-15-7-13(10-20-15)8-17-14-5-6-14/h7,10,14,17H,4-6,8-9H2,1-3H3. The normalized spacial score (nSPS) is 14.9. The van der Waals surface area contributed by atoms with Gasteiger partial charge in [0, 0.05) is 23.8 Å². The predicted octanol–water partition coefficient (Wildman–Crippen LogP) is 2.96. The van der Waals surface area contributed by atoms with Crippen molar-refractivity contribution >= 4 is 0 Å². The van der Waals surface area contributed by atoms with E-state index in [0.29, 0.717) is 0 Å². The Labute approximate surface area is 120 Å². The minimum atomic E-state index is 0.718.